The van der Waals surface area contributed by atoms with Crippen molar-refractivity contribution in [1.29, 1.82) is 0 Å². The maximum Gasteiger partial charge on any atom is 0.308 e. The third kappa shape index (κ3) is 2.64. The van der Waals surface area contributed by atoms with Gasteiger partial charge in [0.2, 0.25) is 0 Å². The first-order valence-corrected chi connectivity index (χ1v) is 8.57. The fourth-order valence-electron chi connectivity index (χ4n) is 4.02. The van der Waals surface area contributed by atoms with Gasteiger partial charge in [0.1, 0.15) is 5.75 Å². The number of hydrogen-bond donors (Lipinski definition) is 1. The number of nitrogens with zero attached hydrogens (tertiary/aromatic N) is 1. The van der Waals surface area contributed by atoms with Gasteiger partial charge in [-0.05, 0) is 34.9 Å². The van der Waals surface area contributed by atoms with E-state index in [0.29, 0.717) is 0 Å². The SMILES string of the molecule is COc1ccc(C2c3cccnc3C(c3ccccc3)C2C(=O)O)cc1. The number of aromatic nitrogens is 1. The smallest absolute Gasteiger partial charge is 0.308 e. The molecule has 0 fully saturated rings. The molecule has 0 spiro atoms. The maximum absolute atomic E-state index is 12.3. The molecule has 4 rings (SSSR count). The first kappa shape index (κ1) is 16.3. The summed E-state index contributed by atoms with van der Waals surface area (Å²) in [5.74, 6) is -1.16. The van der Waals surface area contributed by atoms with E-state index in [1.807, 2.05) is 66.7 Å². The third-order valence-electron chi connectivity index (χ3n) is 5.14. The molecule has 3 unspecified atom stereocenters. The number of benzene rings is 2. The molecule has 0 bridgehead atoms. The topological polar surface area (TPSA) is 59.4 Å². The minimum atomic E-state index is -0.808. The van der Waals surface area contributed by atoms with Crippen molar-refractivity contribution in [2.24, 2.45) is 5.92 Å². The van der Waals surface area contributed by atoms with Gasteiger partial charge in [-0.25, -0.2) is 0 Å². The van der Waals surface area contributed by atoms with Crippen LogP contribution in [0.25, 0.3) is 0 Å². The highest BCUT2D eigenvalue weighted by molar-refractivity contribution is 5.77. The van der Waals surface area contributed by atoms with Crippen LogP contribution in [-0.2, 0) is 4.79 Å². The number of carboxylic acid groups (broad SMARTS) is 1. The van der Waals surface area contributed by atoms with Crippen molar-refractivity contribution in [2.75, 3.05) is 7.11 Å². The van der Waals surface area contributed by atoms with Gasteiger partial charge in [0, 0.05) is 18.0 Å². The fraction of sp³-hybridized carbons (Fsp3) is 0.182. The van der Waals surface area contributed by atoms with E-state index in [0.717, 1.165) is 28.1 Å². The van der Waals surface area contributed by atoms with Crippen LogP contribution in [0.5, 0.6) is 5.75 Å². The highest BCUT2D eigenvalue weighted by Crippen LogP contribution is 2.51. The molecule has 1 N–H and O–H groups in total. The molecular weight excluding hydrogens is 326 g/mol. The summed E-state index contributed by atoms with van der Waals surface area (Å²) < 4.78 is 5.24. The van der Waals surface area contributed by atoms with Gasteiger partial charge in [-0.15, -0.1) is 0 Å². The highest BCUT2D eigenvalue weighted by atomic mass is 16.5. The number of aliphatic carboxylic acids is 1. The zero-order valence-corrected chi connectivity index (χ0v) is 14.4. The molecule has 0 aliphatic heterocycles. The van der Waals surface area contributed by atoms with Crippen LogP contribution in [0.3, 0.4) is 0 Å². The summed E-state index contributed by atoms with van der Waals surface area (Å²) in [4.78, 5) is 16.9. The van der Waals surface area contributed by atoms with Crippen molar-refractivity contribution in [1.82, 2.24) is 4.98 Å². The Labute approximate surface area is 152 Å². The fourth-order valence-corrected chi connectivity index (χ4v) is 4.02. The number of carboxylic acids is 1. The average molecular weight is 345 g/mol. The lowest BCUT2D eigenvalue weighted by Gasteiger charge is -2.22. The minimum absolute atomic E-state index is 0.243. The number of fused-ring (bicyclic) bond motifs is 1. The second-order valence-corrected chi connectivity index (χ2v) is 6.48. The van der Waals surface area contributed by atoms with Gasteiger partial charge in [-0.1, -0.05) is 48.5 Å². The molecule has 3 atom stereocenters. The molecule has 0 radical (unpaired) electrons. The van der Waals surface area contributed by atoms with Gasteiger partial charge in [0.05, 0.1) is 18.7 Å². The predicted octanol–water partition coefficient (Wildman–Crippen LogP) is 4.07. The number of pyridine rings is 1. The Morgan fingerprint density at radius 3 is 2.27 bits per heavy atom. The molecular formula is C22H19NO3. The van der Waals surface area contributed by atoms with Crippen molar-refractivity contribution in [2.45, 2.75) is 11.8 Å². The van der Waals surface area contributed by atoms with Gasteiger partial charge in [-0.3, -0.25) is 9.78 Å². The number of rotatable bonds is 4. The Hall–Kier alpha value is -3.14. The van der Waals surface area contributed by atoms with Crippen molar-refractivity contribution >= 4 is 5.97 Å². The standard InChI is InChI=1S/C22H19NO3/c1-26-16-11-9-15(10-12-16)18-17-8-5-13-23-21(17)19(20(18)22(24)25)14-6-3-2-4-7-14/h2-13,18-20H,1H3,(H,24,25). The number of ether oxygens (including phenoxy) is 1. The Morgan fingerprint density at radius 2 is 1.62 bits per heavy atom. The Bertz CT molecular complexity index is 922. The first-order valence-electron chi connectivity index (χ1n) is 8.57. The van der Waals surface area contributed by atoms with E-state index in [-0.39, 0.29) is 11.8 Å². The van der Waals surface area contributed by atoms with Crippen LogP contribution in [0.1, 0.15) is 34.2 Å². The summed E-state index contributed by atoms with van der Waals surface area (Å²) >= 11 is 0. The molecule has 26 heavy (non-hydrogen) atoms. The highest BCUT2D eigenvalue weighted by Gasteiger charge is 2.47. The Balaban J connectivity index is 1.89. The molecule has 1 heterocycles. The van der Waals surface area contributed by atoms with Gasteiger partial charge in [-0.2, -0.15) is 0 Å². The summed E-state index contributed by atoms with van der Waals surface area (Å²) in [6.07, 6.45) is 1.74. The van der Waals surface area contributed by atoms with Crippen LogP contribution < -0.4 is 4.74 Å². The lowest BCUT2D eigenvalue weighted by molar-refractivity contribution is -0.142. The third-order valence-corrected chi connectivity index (χ3v) is 5.14. The van der Waals surface area contributed by atoms with E-state index in [9.17, 15) is 9.90 Å². The van der Waals surface area contributed by atoms with Crippen LogP contribution in [0.15, 0.2) is 72.9 Å². The molecule has 3 aromatic rings. The summed E-state index contributed by atoms with van der Waals surface area (Å²) in [6.45, 7) is 0. The van der Waals surface area contributed by atoms with Crippen LogP contribution in [0.2, 0.25) is 0 Å². The second-order valence-electron chi connectivity index (χ2n) is 6.48. The quantitative estimate of drug-likeness (QED) is 0.774. The molecule has 1 aliphatic carbocycles. The van der Waals surface area contributed by atoms with Crippen molar-refractivity contribution < 1.29 is 14.6 Å². The molecule has 2 aromatic carbocycles. The summed E-state index contributed by atoms with van der Waals surface area (Å²) in [7, 11) is 1.62. The van der Waals surface area contributed by atoms with Crippen LogP contribution in [0, 0.1) is 5.92 Å². The Kier molecular flexibility index (Phi) is 4.17. The van der Waals surface area contributed by atoms with Crippen LogP contribution >= 0.6 is 0 Å². The zero-order chi connectivity index (χ0) is 18.1. The molecule has 130 valence electrons. The number of methoxy groups -OCH3 is 1. The number of carbonyl (C=O) groups is 1. The monoisotopic (exact) mass is 345 g/mol. The molecule has 4 heteroatoms. The van der Waals surface area contributed by atoms with Crippen molar-refractivity contribution in [3.05, 3.63) is 95.3 Å². The van der Waals surface area contributed by atoms with E-state index in [1.54, 1.807) is 13.3 Å². The van der Waals surface area contributed by atoms with Crippen LogP contribution in [0.4, 0.5) is 0 Å². The Morgan fingerprint density at radius 1 is 0.923 bits per heavy atom. The lowest BCUT2D eigenvalue weighted by Crippen LogP contribution is -2.24. The molecule has 1 aliphatic rings. The van der Waals surface area contributed by atoms with E-state index < -0.39 is 11.9 Å². The largest absolute Gasteiger partial charge is 0.497 e. The minimum Gasteiger partial charge on any atom is -0.497 e. The summed E-state index contributed by atoms with van der Waals surface area (Å²) in [6, 6.07) is 21.3. The normalized spacial score (nSPS) is 21.2. The van der Waals surface area contributed by atoms with Gasteiger partial charge >= 0.3 is 5.97 Å². The van der Waals surface area contributed by atoms with E-state index >= 15 is 0 Å². The van der Waals surface area contributed by atoms with E-state index in [2.05, 4.69) is 4.98 Å². The van der Waals surface area contributed by atoms with E-state index in [4.69, 9.17) is 4.74 Å². The maximum atomic E-state index is 12.3. The lowest BCUT2D eigenvalue weighted by atomic mass is 9.80. The van der Waals surface area contributed by atoms with E-state index in [1.165, 1.54) is 0 Å². The molecule has 1 aromatic heterocycles. The molecule has 0 amide bonds. The summed E-state index contributed by atoms with van der Waals surface area (Å²) in [5.41, 5.74) is 3.78. The average Bonchev–Trinajstić information content (AvgIpc) is 3.04. The second kappa shape index (κ2) is 6.64. The molecule has 4 nitrogen and oxygen atoms in total. The van der Waals surface area contributed by atoms with Crippen molar-refractivity contribution in [3.63, 3.8) is 0 Å². The summed E-state index contributed by atoms with van der Waals surface area (Å²) in [5, 5.41) is 10.1. The van der Waals surface area contributed by atoms with Gasteiger partial charge < -0.3 is 9.84 Å². The van der Waals surface area contributed by atoms with Gasteiger partial charge in [0.15, 0.2) is 0 Å². The first-order chi connectivity index (χ1) is 12.7. The van der Waals surface area contributed by atoms with Crippen LogP contribution in [-0.4, -0.2) is 23.2 Å². The predicted molar refractivity (Wildman–Crippen MR) is 98.5 cm³/mol. The van der Waals surface area contributed by atoms with Gasteiger partial charge in [0.25, 0.3) is 0 Å². The molecule has 0 saturated carbocycles. The molecule has 0 saturated heterocycles. The van der Waals surface area contributed by atoms with Crippen molar-refractivity contribution in [3.8, 4) is 5.75 Å². The number of hydrogen-bond acceptors (Lipinski definition) is 3. The zero-order valence-electron chi connectivity index (χ0n) is 14.4.